The van der Waals surface area contributed by atoms with Crippen LogP contribution in [0.4, 0.5) is 4.79 Å². The Balaban J connectivity index is 1.47. The van der Waals surface area contributed by atoms with E-state index >= 15 is 0 Å². The van der Waals surface area contributed by atoms with E-state index in [-0.39, 0.29) is 23.3 Å². The molecule has 1 N–H and O–H groups in total. The van der Waals surface area contributed by atoms with Crippen LogP contribution in [0.25, 0.3) is 10.9 Å². The first-order chi connectivity index (χ1) is 13.9. The molecule has 1 aromatic heterocycles. The number of hydrogen-bond donors (Lipinski definition) is 1. The lowest BCUT2D eigenvalue weighted by atomic mass is 9.99. The number of rotatable bonds is 5. The fourth-order valence-electron chi connectivity index (χ4n) is 3.25. The van der Waals surface area contributed by atoms with Crippen LogP contribution in [0.15, 0.2) is 53.3 Å². The Hall–Kier alpha value is -3.13. The molecule has 2 heterocycles. The zero-order valence-electron chi connectivity index (χ0n) is 16.0. The van der Waals surface area contributed by atoms with Crippen LogP contribution in [0.2, 0.25) is 0 Å². The van der Waals surface area contributed by atoms with Crippen LogP contribution in [0, 0.1) is 0 Å². The normalized spacial score (nSPS) is 18.8. The van der Waals surface area contributed by atoms with Crippen LogP contribution in [0.3, 0.4) is 0 Å². The van der Waals surface area contributed by atoms with Gasteiger partial charge in [-0.15, -0.1) is 0 Å². The number of carbonyl (C=O) groups is 2. The molecular weight excluding hydrogens is 390 g/mol. The van der Waals surface area contributed by atoms with Crippen LogP contribution < -0.4 is 15.6 Å². The minimum Gasteiger partial charge on any atom is -0.486 e. The third-order valence-electron chi connectivity index (χ3n) is 4.92. The van der Waals surface area contributed by atoms with Crippen LogP contribution in [-0.2, 0) is 24.9 Å². The molecule has 148 valence electrons. The standard InChI is InChI=1S/C21H19N3O4S/c1-21(19(26)23-20(27)29-21)11-13-7-9-14(10-8-13)28-12-17-22-16-6-4-3-5-15(16)18(25)24(17)2/h3-10H,11-12H2,1-2H3,(H,23,26,27)/t21-/m1/s1. The summed E-state index contributed by atoms with van der Waals surface area (Å²) in [4.78, 5) is 40.4. The fraction of sp³-hybridized carbons (Fsp3) is 0.238. The molecule has 1 saturated heterocycles. The SMILES string of the molecule is Cn1c(COc2ccc(C[C@@]3(C)SC(=O)NC3=O)cc2)nc2ccccc2c1=O. The van der Waals surface area contributed by atoms with Gasteiger partial charge in [-0.05, 0) is 54.9 Å². The van der Waals surface area contributed by atoms with Gasteiger partial charge >= 0.3 is 0 Å². The second-order valence-electron chi connectivity index (χ2n) is 7.09. The summed E-state index contributed by atoms with van der Waals surface area (Å²) in [7, 11) is 1.68. The highest BCUT2D eigenvalue weighted by Crippen LogP contribution is 2.34. The van der Waals surface area contributed by atoms with Gasteiger partial charge < -0.3 is 4.74 Å². The number of para-hydroxylation sites is 1. The number of ether oxygens (including phenoxy) is 1. The van der Waals surface area contributed by atoms with Crippen molar-refractivity contribution in [1.82, 2.24) is 14.9 Å². The van der Waals surface area contributed by atoms with Gasteiger partial charge in [-0.25, -0.2) is 4.98 Å². The topological polar surface area (TPSA) is 90.3 Å². The van der Waals surface area contributed by atoms with E-state index < -0.39 is 4.75 Å². The van der Waals surface area contributed by atoms with Crippen molar-refractivity contribution < 1.29 is 14.3 Å². The van der Waals surface area contributed by atoms with Crippen molar-refractivity contribution in [2.75, 3.05) is 0 Å². The Labute approximate surface area is 171 Å². The Morgan fingerprint density at radius 3 is 2.52 bits per heavy atom. The third-order valence-corrected chi connectivity index (χ3v) is 5.99. The molecule has 7 nitrogen and oxygen atoms in total. The van der Waals surface area contributed by atoms with E-state index in [1.54, 1.807) is 38.2 Å². The molecule has 29 heavy (non-hydrogen) atoms. The smallest absolute Gasteiger partial charge is 0.286 e. The number of nitrogens with one attached hydrogen (secondary N) is 1. The Morgan fingerprint density at radius 1 is 1.10 bits per heavy atom. The molecule has 0 saturated carbocycles. The number of fused-ring (bicyclic) bond motifs is 1. The van der Waals surface area contributed by atoms with Crippen molar-refractivity contribution in [3.8, 4) is 5.75 Å². The zero-order chi connectivity index (χ0) is 20.6. The van der Waals surface area contributed by atoms with Crippen LogP contribution in [0.1, 0.15) is 18.3 Å². The highest BCUT2D eigenvalue weighted by molar-refractivity contribution is 8.16. The number of hydrogen-bond acceptors (Lipinski definition) is 6. The number of thioether (sulfide) groups is 1. The van der Waals surface area contributed by atoms with E-state index in [9.17, 15) is 14.4 Å². The van der Waals surface area contributed by atoms with Crippen molar-refractivity contribution in [3.05, 3.63) is 70.3 Å². The predicted octanol–water partition coefficient (Wildman–Crippen LogP) is 2.80. The summed E-state index contributed by atoms with van der Waals surface area (Å²) >= 11 is 1.01. The number of aromatic nitrogens is 2. The Bertz CT molecular complexity index is 1170. The molecule has 2 amide bonds. The summed E-state index contributed by atoms with van der Waals surface area (Å²) in [5.41, 5.74) is 1.45. The molecule has 3 aromatic rings. The molecule has 1 aliphatic rings. The maximum Gasteiger partial charge on any atom is 0.286 e. The molecule has 1 atom stereocenters. The van der Waals surface area contributed by atoms with Gasteiger partial charge in [0.1, 0.15) is 22.9 Å². The second-order valence-corrected chi connectivity index (χ2v) is 8.57. The molecule has 4 rings (SSSR count). The van der Waals surface area contributed by atoms with Crippen molar-refractivity contribution in [2.24, 2.45) is 7.05 Å². The van der Waals surface area contributed by atoms with Crippen molar-refractivity contribution in [3.63, 3.8) is 0 Å². The quantitative estimate of drug-likeness (QED) is 0.697. The summed E-state index contributed by atoms with van der Waals surface area (Å²) in [6.07, 6.45) is 0.441. The molecule has 1 aliphatic heterocycles. The lowest BCUT2D eigenvalue weighted by Crippen LogP contribution is -2.35. The van der Waals surface area contributed by atoms with E-state index in [1.807, 2.05) is 24.3 Å². The lowest BCUT2D eigenvalue weighted by molar-refractivity contribution is -0.121. The lowest BCUT2D eigenvalue weighted by Gasteiger charge is -2.18. The first-order valence-corrected chi connectivity index (χ1v) is 9.88. The maximum absolute atomic E-state index is 12.5. The minimum atomic E-state index is -0.799. The fourth-order valence-corrected chi connectivity index (χ4v) is 4.19. The summed E-state index contributed by atoms with van der Waals surface area (Å²) in [6.45, 7) is 1.91. The summed E-state index contributed by atoms with van der Waals surface area (Å²) in [6, 6.07) is 14.5. The van der Waals surface area contributed by atoms with Crippen molar-refractivity contribution >= 4 is 33.8 Å². The molecule has 8 heteroatoms. The number of benzene rings is 2. The molecule has 0 bridgehead atoms. The average molecular weight is 409 g/mol. The van der Waals surface area contributed by atoms with Gasteiger partial charge in [0.25, 0.3) is 10.8 Å². The van der Waals surface area contributed by atoms with E-state index in [0.29, 0.717) is 28.9 Å². The maximum atomic E-state index is 12.5. The van der Waals surface area contributed by atoms with Gasteiger partial charge in [-0.2, -0.15) is 0 Å². The molecule has 1 fully saturated rings. The number of nitrogens with zero attached hydrogens (tertiary/aromatic N) is 2. The van der Waals surface area contributed by atoms with E-state index in [0.717, 1.165) is 17.3 Å². The second kappa shape index (κ2) is 7.36. The van der Waals surface area contributed by atoms with Crippen molar-refractivity contribution in [2.45, 2.75) is 24.7 Å². The first-order valence-electron chi connectivity index (χ1n) is 9.06. The highest BCUT2D eigenvalue weighted by atomic mass is 32.2. The monoisotopic (exact) mass is 409 g/mol. The molecule has 0 radical (unpaired) electrons. The molecule has 2 aromatic carbocycles. The third kappa shape index (κ3) is 3.75. The summed E-state index contributed by atoms with van der Waals surface area (Å²) in [5.74, 6) is 0.889. The zero-order valence-corrected chi connectivity index (χ0v) is 16.8. The van der Waals surface area contributed by atoms with Gasteiger partial charge in [0, 0.05) is 7.05 Å². The van der Waals surface area contributed by atoms with Gasteiger partial charge in [0.2, 0.25) is 5.91 Å². The molecular formula is C21H19N3O4S. The predicted molar refractivity (Wildman–Crippen MR) is 111 cm³/mol. The summed E-state index contributed by atoms with van der Waals surface area (Å²) in [5, 5.41) is 2.58. The first kappa shape index (κ1) is 19.2. The summed E-state index contributed by atoms with van der Waals surface area (Å²) < 4.78 is 6.50. The van der Waals surface area contributed by atoms with Gasteiger partial charge in [0.05, 0.1) is 10.9 Å². The van der Waals surface area contributed by atoms with Gasteiger partial charge in [0.15, 0.2) is 0 Å². The highest BCUT2D eigenvalue weighted by Gasteiger charge is 2.43. The Kier molecular flexibility index (Phi) is 4.87. The minimum absolute atomic E-state index is 0.111. The van der Waals surface area contributed by atoms with Crippen LogP contribution in [-0.4, -0.2) is 25.4 Å². The van der Waals surface area contributed by atoms with Gasteiger partial charge in [-0.1, -0.05) is 24.3 Å². The molecule has 0 aliphatic carbocycles. The van der Waals surface area contributed by atoms with Gasteiger partial charge in [-0.3, -0.25) is 24.3 Å². The van der Waals surface area contributed by atoms with Crippen molar-refractivity contribution in [1.29, 1.82) is 0 Å². The number of carbonyl (C=O) groups excluding carboxylic acids is 2. The van der Waals surface area contributed by atoms with Crippen LogP contribution >= 0.6 is 11.8 Å². The van der Waals surface area contributed by atoms with Crippen LogP contribution in [0.5, 0.6) is 5.75 Å². The van der Waals surface area contributed by atoms with E-state index in [2.05, 4.69) is 10.3 Å². The molecule has 0 spiro atoms. The van der Waals surface area contributed by atoms with E-state index in [4.69, 9.17) is 4.74 Å². The van der Waals surface area contributed by atoms with E-state index in [1.165, 1.54) is 4.57 Å². The number of amides is 2. The largest absolute Gasteiger partial charge is 0.486 e. The number of imide groups is 1. The average Bonchev–Trinajstić information content (AvgIpc) is 2.96. The molecule has 0 unspecified atom stereocenters. The Morgan fingerprint density at radius 2 is 1.83 bits per heavy atom.